The van der Waals surface area contributed by atoms with Crippen LogP contribution in [0.5, 0.6) is 0 Å². The number of hydrogen-bond acceptors (Lipinski definition) is 5. The summed E-state index contributed by atoms with van der Waals surface area (Å²) in [5.74, 6) is -0.490. The Bertz CT molecular complexity index is 328. The smallest absolute Gasteiger partial charge is 0.192 e. The maximum atomic E-state index is 10.0. The molecule has 1 rings (SSSR count). The molecule has 0 aromatic carbocycles. The Labute approximate surface area is 130 Å². The van der Waals surface area contributed by atoms with Crippen LogP contribution in [-0.4, -0.2) is 57.7 Å². The van der Waals surface area contributed by atoms with E-state index in [-0.39, 0.29) is 11.1 Å². The first-order valence-corrected chi connectivity index (χ1v) is 10.7. The average Bonchev–Trinajstić information content (AvgIpc) is 2.65. The fourth-order valence-corrected chi connectivity index (χ4v) is 2.90. The molecule has 0 bridgehead atoms. The molecule has 1 aliphatic rings. The Kier molecular flexibility index (Phi) is 6.41. The normalized spacial score (nSPS) is 24.3. The van der Waals surface area contributed by atoms with Gasteiger partial charge in [-0.05, 0) is 32.0 Å². The Balaban J connectivity index is 2.19. The van der Waals surface area contributed by atoms with Crippen molar-refractivity contribution in [3.8, 4) is 0 Å². The number of hydrogen-bond donors (Lipinski definition) is 2. The lowest BCUT2D eigenvalue weighted by Gasteiger charge is -2.36. The minimum absolute atomic E-state index is 0.0495. The predicted octanol–water partition coefficient (Wildman–Crippen LogP) is 2.11. The van der Waals surface area contributed by atoms with Gasteiger partial charge in [-0.1, -0.05) is 20.8 Å². The second-order valence-corrected chi connectivity index (χ2v) is 12.6. The zero-order valence-electron chi connectivity index (χ0n) is 14.7. The summed E-state index contributed by atoms with van der Waals surface area (Å²) in [5.41, 5.74) is 0. The number of nitrogens with one attached hydrogen (secondary N) is 1. The van der Waals surface area contributed by atoms with Crippen LogP contribution in [0.3, 0.4) is 0 Å². The lowest BCUT2D eigenvalue weighted by atomic mass is 10.2. The van der Waals surface area contributed by atoms with Gasteiger partial charge < -0.3 is 24.3 Å². The van der Waals surface area contributed by atoms with E-state index in [1.807, 2.05) is 13.8 Å². The van der Waals surface area contributed by atoms with Crippen molar-refractivity contribution in [3.05, 3.63) is 0 Å². The SMILES string of the molecule is CC1(C)OC[C@H](CNCC(O)CO[Si](C)(C)C(C)(C)C)O1. The molecule has 5 nitrogen and oxygen atoms in total. The first-order valence-electron chi connectivity index (χ1n) is 7.77. The van der Waals surface area contributed by atoms with Crippen LogP contribution in [0.1, 0.15) is 34.6 Å². The van der Waals surface area contributed by atoms with Gasteiger partial charge in [-0.3, -0.25) is 0 Å². The van der Waals surface area contributed by atoms with Crippen LogP contribution in [0.4, 0.5) is 0 Å². The molecule has 0 aliphatic carbocycles. The van der Waals surface area contributed by atoms with Crippen molar-refractivity contribution in [2.45, 2.75) is 70.7 Å². The second kappa shape index (κ2) is 7.06. The summed E-state index contributed by atoms with van der Waals surface area (Å²) in [4.78, 5) is 0. The van der Waals surface area contributed by atoms with Crippen LogP contribution in [0.2, 0.25) is 18.1 Å². The monoisotopic (exact) mass is 319 g/mol. The van der Waals surface area contributed by atoms with Crippen LogP contribution in [-0.2, 0) is 13.9 Å². The average molecular weight is 320 g/mol. The van der Waals surface area contributed by atoms with Gasteiger partial charge in [-0.2, -0.15) is 0 Å². The lowest BCUT2D eigenvalue weighted by Crippen LogP contribution is -2.44. The fourth-order valence-electron chi connectivity index (χ4n) is 1.85. The van der Waals surface area contributed by atoms with E-state index in [9.17, 15) is 5.11 Å². The maximum absolute atomic E-state index is 10.0. The van der Waals surface area contributed by atoms with Crippen molar-refractivity contribution in [2.24, 2.45) is 0 Å². The van der Waals surface area contributed by atoms with Crippen molar-refractivity contribution in [1.82, 2.24) is 5.32 Å². The largest absolute Gasteiger partial charge is 0.414 e. The zero-order valence-corrected chi connectivity index (χ0v) is 15.7. The highest BCUT2D eigenvalue weighted by Gasteiger charge is 2.37. The van der Waals surface area contributed by atoms with Crippen molar-refractivity contribution >= 4 is 8.32 Å². The van der Waals surface area contributed by atoms with E-state index in [2.05, 4.69) is 39.2 Å². The minimum atomic E-state index is -1.78. The molecule has 1 saturated heterocycles. The van der Waals surface area contributed by atoms with Crippen LogP contribution in [0.15, 0.2) is 0 Å². The Morgan fingerprint density at radius 2 is 2.00 bits per heavy atom. The molecule has 126 valence electrons. The topological polar surface area (TPSA) is 60.0 Å². The molecule has 0 amide bonds. The molecule has 1 unspecified atom stereocenters. The van der Waals surface area contributed by atoms with E-state index >= 15 is 0 Å². The van der Waals surface area contributed by atoms with Gasteiger partial charge in [0.25, 0.3) is 0 Å². The third-order valence-corrected chi connectivity index (χ3v) is 8.76. The van der Waals surface area contributed by atoms with Crippen LogP contribution < -0.4 is 5.32 Å². The summed E-state index contributed by atoms with van der Waals surface area (Å²) in [7, 11) is -1.78. The standard InChI is InChI=1S/C15H33NO4Si/c1-14(2,3)21(6,7)19-10-12(17)8-16-9-13-11-18-15(4,5)20-13/h12-13,16-17H,8-11H2,1-7H3/t12?,13-/m0/s1. The first-order chi connectivity index (χ1) is 9.43. The van der Waals surface area contributed by atoms with Crippen LogP contribution in [0, 0.1) is 0 Å². The quantitative estimate of drug-likeness (QED) is 0.704. The summed E-state index contributed by atoms with van der Waals surface area (Å²) in [5, 5.41) is 13.4. The van der Waals surface area contributed by atoms with Crippen molar-refractivity contribution in [3.63, 3.8) is 0 Å². The molecule has 2 N–H and O–H groups in total. The van der Waals surface area contributed by atoms with Crippen molar-refractivity contribution in [1.29, 1.82) is 0 Å². The van der Waals surface area contributed by atoms with E-state index in [0.717, 1.165) is 0 Å². The number of rotatable bonds is 7. The molecule has 0 aromatic heterocycles. The number of ether oxygens (including phenoxy) is 2. The molecular weight excluding hydrogens is 286 g/mol. The third-order valence-electron chi connectivity index (χ3n) is 4.26. The molecule has 1 fully saturated rings. The molecule has 0 saturated carbocycles. The van der Waals surface area contributed by atoms with Gasteiger partial charge in [-0.15, -0.1) is 0 Å². The summed E-state index contributed by atoms with van der Waals surface area (Å²) in [6, 6.07) is 0. The number of aliphatic hydroxyl groups is 1. The van der Waals surface area contributed by atoms with Gasteiger partial charge in [0, 0.05) is 13.1 Å². The molecule has 1 aliphatic heterocycles. The highest BCUT2D eigenvalue weighted by Crippen LogP contribution is 2.36. The minimum Gasteiger partial charge on any atom is -0.414 e. The van der Waals surface area contributed by atoms with Gasteiger partial charge in [0.05, 0.1) is 25.4 Å². The van der Waals surface area contributed by atoms with Gasteiger partial charge in [0.2, 0.25) is 0 Å². The Morgan fingerprint density at radius 1 is 1.38 bits per heavy atom. The molecule has 2 atom stereocenters. The molecule has 0 radical (unpaired) electrons. The lowest BCUT2D eigenvalue weighted by molar-refractivity contribution is -0.137. The Morgan fingerprint density at radius 3 is 2.48 bits per heavy atom. The third kappa shape index (κ3) is 6.34. The predicted molar refractivity (Wildman–Crippen MR) is 86.9 cm³/mol. The van der Waals surface area contributed by atoms with Gasteiger partial charge >= 0.3 is 0 Å². The van der Waals surface area contributed by atoms with Crippen LogP contribution >= 0.6 is 0 Å². The summed E-state index contributed by atoms with van der Waals surface area (Å²) in [6.07, 6.45) is -0.442. The van der Waals surface area contributed by atoms with Crippen molar-refractivity contribution in [2.75, 3.05) is 26.3 Å². The molecular formula is C15H33NO4Si. The summed E-state index contributed by atoms with van der Waals surface area (Å²) < 4.78 is 17.2. The van der Waals surface area contributed by atoms with E-state index in [0.29, 0.717) is 26.3 Å². The highest BCUT2D eigenvalue weighted by atomic mass is 28.4. The van der Waals surface area contributed by atoms with Gasteiger partial charge in [0.1, 0.15) is 0 Å². The summed E-state index contributed by atoms with van der Waals surface area (Å²) in [6.45, 7) is 17.0. The zero-order chi connectivity index (χ0) is 16.3. The Hall–Kier alpha value is 0.0169. The molecule has 0 spiro atoms. The summed E-state index contributed by atoms with van der Waals surface area (Å²) >= 11 is 0. The van der Waals surface area contributed by atoms with E-state index in [1.165, 1.54) is 0 Å². The van der Waals surface area contributed by atoms with E-state index in [4.69, 9.17) is 13.9 Å². The molecule has 21 heavy (non-hydrogen) atoms. The number of aliphatic hydroxyl groups excluding tert-OH is 1. The maximum Gasteiger partial charge on any atom is 0.192 e. The molecule has 1 heterocycles. The van der Waals surface area contributed by atoms with E-state index < -0.39 is 20.2 Å². The highest BCUT2D eigenvalue weighted by molar-refractivity contribution is 6.74. The first kappa shape index (κ1) is 19.1. The van der Waals surface area contributed by atoms with Gasteiger partial charge in [0.15, 0.2) is 14.1 Å². The fraction of sp³-hybridized carbons (Fsp3) is 1.00. The second-order valence-electron chi connectivity index (χ2n) is 7.83. The van der Waals surface area contributed by atoms with Gasteiger partial charge in [-0.25, -0.2) is 0 Å². The van der Waals surface area contributed by atoms with Crippen molar-refractivity contribution < 1.29 is 19.0 Å². The van der Waals surface area contributed by atoms with E-state index in [1.54, 1.807) is 0 Å². The van der Waals surface area contributed by atoms with Crippen LogP contribution in [0.25, 0.3) is 0 Å². The molecule has 6 heteroatoms. The molecule has 0 aromatic rings.